The van der Waals surface area contributed by atoms with Crippen LogP contribution in [-0.2, 0) is 0 Å². The molecule has 6 N–H and O–H groups in total. The normalized spacial score (nSPS) is 55.1. The molecule has 0 aromatic rings. The summed E-state index contributed by atoms with van der Waals surface area (Å²) in [5.74, 6) is 0.134. The molecule has 10 atom stereocenters. The van der Waals surface area contributed by atoms with Gasteiger partial charge in [-0.05, 0) is 96.9 Å². The zero-order valence-corrected chi connectivity index (χ0v) is 22.1. The Morgan fingerprint density at radius 1 is 0.829 bits per heavy atom. The van der Waals surface area contributed by atoms with Crippen LogP contribution in [0.25, 0.3) is 0 Å². The predicted octanol–water partition coefficient (Wildman–Crippen LogP) is 2.78. The molecule has 200 valence electrons. The summed E-state index contributed by atoms with van der Waals surface area (Å²) in [4.78, 5) is 0. The molecule has 0 aliphatic heterocycles. The lowest BCUT2D eigenvalue weighted by Crippen LogP contribution is -2.69. The van der Waals surface area contributed by atoms with Crippen LogP contribution in [-0.4, -0.2) is 68.8 Å². The zero-order valence-electron chi connectivity index (χ0n) is 22.1. The van der Waals surface area contributed by atoms with E-state index in [4.69, 9.17) is 0 Å². The van der Waals surface area contributed by atoms with E-state index >= 15 is 0 Å². The molecule has 0 saturated heterocycles. The van der Waals surface area contributed by atoms with Gasteiger partial charge in [-0.15, -0.1) is 0 Å². The molecule has 4 saturated carbocycles. The monoisotopic (exact) mass is 492 g/mol. The lowest BCUT2D eigenvalue weighted by Gasteiger charge is -2.71. The molecule has 6 heteroatoms. The van der Waals surface area contributed by atoms with Crippen molar-refractivity contribution in [3.8, 4) is 0 Å². The fourth-order valence-electron chi connectivity index (χ4n) is 10.7. The topological polar surface area (TPSA) is 121 Å². The molecule has 6 nitrogen and oxygen atoms in total. The first-order chi connectivity index (χ1) is 16.3. The highest BCUT2D eigenvalue weighted by atomic mass is 16.3. The molecular formula is C29H48O6. The fourth-order valence-corrected chi connectivity index (χ4v) is 10.7. The summed E-state index contributed by atoms with van der Waals surface area (Å²) in [5.41, 5.74) is -0.797. The van der Waals surface area contributed by atoms with Crippen LogP contribution in [0.3, 0.4) is 0 Å². The van der Waals surface area contributed by atoms with Crippen LogP contribution in [0, 0.1) is 44.3 Å². The first kappa shape index (κ1) is 26.1. The third kappa shape index (κ3) is 3.10. The van der Waals surface area contributed by atoms with E-state index < -0.39 is 23.7 Å². The fraction of sp³-hybridized carbons (Fsp3) is 0.931. The Labute approximate surface area is 210 Å². The Hall–Kier alpha value is -0.500. The SMILES string of the molecule is C[C@]1(CO)CC[C@]2(CC[C@]3(C)C(=CC[C@@H]4[C@@]5(C)C[C@@H](O)[C@@H](O)C(CO)(CO)[C@@H]5CC[C@]43C)[C@H]2O)C1. The zero-order chi connectivity index (χ0) is 25.7. The Balaban J connectivity index is 1.54. The summed E-state index contributed by atoms with van der Waals surface area (Å²) in [6, 6.07) is 0. The van der Waals surface area contributed by atoms with Crippen LogP contribution in [0.5, 0.6) is 0 Å². The second-order valence-corrected chi connectivity index (χ2v) is 14.5. The van der Waals surface area contributed by atoms with Gasteiger partial charge in [-0.1, -0.05) is 33.8 Å². The lowest BCUT2D eigenvalue weighted by atomic mass is 9.34. The highest BCUT2D eigenvalue weighted by Gasteiger charge is 2.70. The van der Waals surface area contributed by atoms with Crippen molar-refractivity contribution in [2.45, 2.75) is 104 Å². The first-order valence-electron chi connectivity index (χ1n) is 13.9. The summed E-state index contributed by atoms with van der Waals surface area (Å²) in [5, 5.41) is 64.6. The van der Waals surface area contributed by atoms with E-state index in [0.717, 1.165) is 51.4 Å². The van der Waals surface area contributed by atoms with Gasteiger partial charge in [-0.25, -0.2) is 0 Å². The van der Waals surface area contributed by atoms with Crippen molar-refractivity contribution in [2.75, 3.05) is 19.8 Å². The van der Waals surface area contributed by atoms with Crippen molar-refractivity contribution < 1.29 is 30.6 Å². The van der Waals surface area contributed by atoms with Gasteiger partial charge < -0.3 is 30.6 Å². The van der Waals surface area contributed by atoms with Crippen LogP contribution in [0.4, 0.5) is 0 Å². The maximum Gasteiger partial charge on any atom is 0.0902 e. The Bertz CT molecular complexity index is 884. The van der Waals surface area contributed by atoms with Gasteiger partial charge in [0.15, 0.2) is 0 Å². The number of aliphatic hydroxyl groups is 6. The minimum Gasteiger partial charge on any atom is -0.396 e. The average Bonchev–Trinajstić information content (AvgIpc) is 3.18. The second-order valence-electron chi connectivity index (χ2n) is 14.5. The van der Waals surface area contributed by atoms with Crippen molar-refractivity contribution in [2.24, 2.45) is 44.3 Å². The number of hydrogen-bond donors (Lipinski definition) is 6. The summed E-state index contributed by atoms with van der Waals surface area (Å²) < 4.78 is 0. The molecule has 0 unspecified atom stereocenters. The number of allylic oxidation sites excluding steroid dienone is 1. The third-order valence-electron chi connectivity index (χ3n) is 13.1. The molecule has 5 aliphatic rings. The molecule has 4 fully saturated rings. The quantitative estimate of drug-likeness (QED) is 0.337. The lowest BCUT2D eigenvalue weighted by molar-refractivity contribution is -0.257. The first-order valence-corrected chi connectivity index (χ1v) is 13.9. The smallest absolute Gasteiger partial charge is 0.0902 e. The summed E-state index contributed by atoms with van der Waals surface area (Å²) in [6.07, 6.45) is 7.36. The Morgan fingerprint density at radius 3 is 2.09 bits per heavy atom. The summed E-state index contributed by atoms with van der Waals surface area (Å²) >= 11 is 0. The molecule has 0 heterocycles. The predicted molar refractivity (Wildman–Crippen MR) is 133 cm³/mol. The van der Waals surface area contributed by atoms with E-state index in [9.17, 15) is 30.6 Å². The number of rotatable bonds is 3. The van der Waals surface area contributed by atoms with E-state index in [1.807, 2.05) is 0 Å². The molecule has 0 aromatic heterocycles. The number of hydrogen-bond acceptors (Lipinski definition) is 6. The largest absolute Gasteiger partial charge is 0.396 e. The van der Waals surface area contributed by atoms with Crippen molar-refractivity contribution in [1.29, 1.82) is 0 Å². The molecule has 0 bridgehead atoms. The van der Waals surface area contributed by atoms with Crippen LogP contribution < -0.4 is 0 Å². The average molecular weight is 493 g/mol. The van der Waals surface area contributed by atoms with Gasteiger partial charge in [0.05, 0.1) is 31.5 Å². The van der Waals surface area contributed by atoms with Crippen LogP contribution >= 0.6 is 0 Å². The van der Waals surface area contributed by atoms with Crippen molar-refractivity contribution in [3.05, 3.63) is 11.6 Å². The molecule has 0 amide bonds. The van der Waals surface area contributed by atoms with E-state index in [-0.39, 0.29) is 58.7 Å². The Morgan fingerprint density at radius 2 is 1.49 bits per heavy atom. The van der Waals surface area contributed by atoms with Crippen LogP contribution in [0.15, 0.2) is 11.6 Å². The molecule has 35 heavy (non-hydrogen) atoms. The van der Waals surface area contributed by atoms with Crippen LogP contribution in [0.2, 0.25) is 0 Å². The van der Waals surface area contributed by atoms with Gasteiger partial charge in [0.25, 0.3) is 0 Å². The minimum atomic E-state index is -1.13. The van der Waals surface area contributed by atoms with Crippen molar-refractivity contribution >= 4 is 0 Å². The molecular weight excluding hydrogens is 444 g/mol. The van der Waals surface area contributed by atoms with E-state index in [1.54, 1.807) is 0 Å². The summed E-state index contributed by atoms with van der Waals surface area (Å²) in [7, 11) is 0. The van der Waals surface area contributed by atoms with Gasteiger partial charge >= 0.3 is 0 Å². The van der Waals surface area contributed by atoms with Gasteiger partial charge in [-0.2, -0.15) is 0 Å². The second kappa shape index (κ2) is 8.00. The van der Waals surface area contributed by atoms with Gasteiger partial charge in [0.1, 0.15) is 0 Å². The maximum absolute atomic E-state index is 11.9. The molecule has 1 spiro atoms. The van der Waals surface area contributed by atoms with E-state index in [1.165, 1.54) is 5.57 Å². The summed E-state index contributed by atoms with van der Waals surface area (Å²) in [6.45, 7) is 8.56. The third-order valence-corrected chi connectivity index (χ3v) is 13.1. The van der Waals surface area contributed by atoms with E-state index in [2.05, 4.69) is 33.8 Å². The Kier molecular flexibility index (Phi) is 5.97. The maximum atomic E-state index is 11.9. The molecule has 5 rings (SSSR count). The van der Waals surface area contributed by atoms with Gasteiger partial charge in [-0.3, -0.25) is 0 Å². The minimum absolute atomic E-state index is 0.0834. The number of fused-ring (bicyclic) bond motifs is 5. The number of aliphatic hydroxyl groups excluding tert-OH is 6. The molecule has 0 radical (unpaired) electrons. The standard InChI is InChI=1S/C29H48O6/c1-24(15-30)9-11-28(14-24)12-10-26(3)18(22(28)34)5-6-20-25(2)13-19(33)23(35)29(16-31,17-32)21(25)7-8-27(20,26)4/h5,19-23,30-35H,6-17H2,1-4H3/t19-,20-,21-,22-,23-,24+,25-,26-,27-,28+/m1/s1. The highest BCUT2D eigenvalue weighted by Crippen LogP contribution is 2.74. The van der Waals surface area contributed by atoms with Gasteiger partial charge in [0, 0.05) is 17.4 Å². The van der Waals surface area contributed by atoms with Crippen LogP contribution in [0.1, 0.15) is 85.5 Å². The van der Waals surface area contributed by atoms with Crippen molar-refractivity contribution in [3.63, 3.8) is 0 Å². The van der Waals surface area contributed by atoms with E-state index in [0.29, 0.717) is 6.42 Å². The van der Waals surface area contributed by atoms with Gasteiger partial charge in [0.2, 0.25) is 0 Å². The molecule has 5 aliphatic carbocycles. The molecule has 0 aromatic carbocycles. The van der Waals surface area contributed by atoms with Crippen molar-refractivity contribution in [1.82, 2.24) is 0 Å². The highest BCUT2D eigenvalue weighted by molar-refractivity contribution is 5.34.